The lowest BCUT2D eigenvalue weighted by Gasteiger charge is -2.19. The summed E-state index contributed by atoms with van der Waals surface area (Å²) in [5, 5.41) is 6.83. The number of benzene rings is 1. The Morgan fingerprint density at radius 1 is 1.12 bits per heavy atom. The molecule has 1 aromatic carbocycles. The lowest BCUT2D eigenvalue weighted by molar-refractivity contribution is 0.487. The highest BCUT2D eigenvalue weighted by atomic mass is 32.1. The van der Waals surface area contributed by atoms with Crippen LogP contribution in [0, 0.1) is 6.92 Å². The van der Waals surface area contributed by atoms with Crippen LogP contribution in [-0.2, 0) is 0 Å². The van der Waals surface area contributed by atoms with Crippen molar-refractivity contribution in [1.82, 2.24) is 10.3 Å². The number of thiazole rings is 1. The van der Waals surface area contributed by atoms with Gasteiger partial charge in [0.15, 0.2) is 0 Å². The van der Waals surface area contributed by atoms with Gasteiger partial charge in [-0.05, 0) is 26.3 Å². The van der Waals surface area contributed by atoms with Crippen LogP contribution < -0.4 is 5.32 Å². The van der Waals surface area contributed by atoms with E-state index in [0.717, 1.165) is 10.7 Å². The van der Waals surface area contributed by atoms with E-state index in [0.29, 0.717) is 6.04 Å². The number of aromatic nitrogens is 1. The summed E-state index contributed by atoms with van der Waals surface area (Å²) >= 11 is 1.70. The van der Waals surface area contributed by atoms with E-state index in [1.807, 2.05) is 13.0 Å². The minimum Gasteiger partial charge on any atom is -0.302 e. The van der Waals surface area contributed by atoms with Gasteiger partial charge in [0.25, 0.3) is 0 Å². The molecule has 1 unspecified atom stereocenters. The molecule has 0 aliphatic carbocycles. The molecule has 0 fully saturated rings. The van der Waals surface area contributed by atoms with Crippen molar-refractivity contribution in [2.45, 2.75) is 32.9 Å². The third kappa shape index (κ3) is 3.14. The second kappa shape index (κ2) is 5.43. The van der Waals surface area contributed by atoms with E-state index in [1.165, 1.54) is 5.56 Å². The maximum absolute atomic E-state index is 4.51. The molecular weight excluding hydrogens is 228 g/mol. The zero-order valence-corrected chi connectivity index (χ0v) is 11.3. The fourth-order valence-corrected chi connectivity index (χ4v) is 2.58. The number of aryl methyl sites for hydroxylation is 1. The first-order chi connectivity index (χ1) is 8.16. The Labute approximate surface area is 107 Å². The molecule has 0 bridgehead atoms. The van der Waals surface area contributed by atoms with Crippen molar-refractivity contribution < 1.29 is 0 Å². The molecule has 2 nitrogen and oxygen atoms in total. The predicted molar refractivity (Wildman–Crippen MR) is 73.3 cm³/mol. The Morgan fingerprint density at radius 2 is 1.82 bits per heavy atom. The minimum atomic E-state index is 0.287. The van der Waals surface area contributed by atoms with Crippen LogP contribution in [0.25, 0.3) is 0 Å². The number of nitrogens with one attached hydrogen (secondary N) is 1. The SMILES string of the molecule is Cc1nc(C(C)N[C@H](C)c2ccccc2)cs1. The van der Waals surface area contributed by atoms with Gasteiger partial charge in [-0.15, -0.1) is 11.3 Å². The normalized spacial score (nSPS) is 14.5. The Kier molecular flexibility index (Phi) is 3.92. The Bertz CT molecular complexity index is 464. The van der Waals surface area contributed by atoms with E-state index in [2.05, 4.69) is 53.8 Å². The summed E-state index contributed by atoms with van der Waals surface area (Å²) in [7, 11) is 0. The van der Waals surface area contributed by atoms with Crippen molar-refractivity contribution >= 4 is 11.3 Å². The van der Waals surface area contributed by atoms with Crippen molar-refractivity contribution in [3.8, 4) is 0 Å². The molecule has 0 spiro atoms. The van der Waals surface area contributed by atoms with Crippen LogP contribution in [0.1, 0.15) is 42.2 Å². The lowest BCUT2D eigenvalue weighted by atomic mass is 10.1. The fraction of sp³-hybridized carbons (Fsp3) is 0.357. The van der Waals surface area contributed by atoms with Crippen molar-refractivity contribution in [3.05, 3.63) is 52.0 Å². The van der Waals surface area contributed by atoms with E-state index >= 15 is 0 Å². The summed E-state index contributed by atoms with van der Waals surface area (Å²) in [5.74, 6) is 0. The average Bonchev–Trinajstić information content (AvgIpc) is 2.77. The van der Waals surface area contributed by atoms with Crippen molar-refractivity contribution in [2.24, 2.45) is 0 Å². The molecule has 0 amide bonds. The molecule has 1 N–H and O–H groups in total. The fourth-order valence-electron chi connectivity index (χ4n) is 1.88. The first kappa shape index (κ1) is 12.3. The number of hydrogen-bond acceptors (Lipinski definition) is 3. The zero-order valence-electron chi connectivity index (χ0n) is 10.5. The van der Waals surface area contributed by atoms with Crippen LogP contribution in [-0.4, -0.2) is 4.98 Å². The average molecular weight is 246 g/mol. The second-order valence-electron chi connectivity index (χ2n) is 4.31. The van der Waals surface area contributed by atoms with E-state index in [4.69, 9.17) is 0 Å². The molecule has 0 saturated heterocycles. The summed E-state index contributed by atoms with van der Waals surface area (Å²) in [6.07, 6.45) is 0. The minimum absolute atomic E-state index is 0.287. The molecule has 17 heavy (non-hydrogen) atoms. The first-order valence-electron chi connectivity index (χ1n) is 5.90. The molecule has 2 rings (SSSR count). The molecular formula is C14H18N2S. The van der Waals surface area contributed by atoms with Gasteiger partial charge in [-0.3, -0.25) is 0 Å². The summed E-state index contributed by atoms with van der Waals surface area (Å²) in [6, 6.07) is 11.1. The van der Waals surface area contributed by atoms with Crippen LogP contribution in [0.15, 0.2) is 35.7 Å². The van der Waals surface area contributed by atoms with Gasteiger partial charge in [-0.1, -0.05) is 30.3 Å². The Morgan fingerprint density at radius 3 is 2.41 bits per heavy atom. The molecule has 90 valence electrons. The molecule has 2 aromatic rings. The molecule has 2 atom stereocenters. The number of rotatable bonds is 4. The van der Waals surface area contributed by atoms with Gasteiger partial charge in [-0.2, -0.15) is 0 Å². The number of hydrogen-bond donors (Lipinski definition) is 1. The second-order valence-corrected chi connectivity index (χ2v) is 5.37. The number of nitrogens with zero attached hydrogens (tertiary/aromatic N) is 1. The first-order valence-corrected chi connectivity index (χ1v) is 6.78. The molecule has 1 aromatic heterocycles. The standard InChI is InChI=1S/C14H18N2S/c1-10(13-7-5-4-6-8-13)15-11(2)14-9-17-12(3)16-14/h4-11,15H,1-3H3/t10-,11?/m1/s1. The van der Waals surface area contributed by atoms with Crippen LogP contribution >= 0.6 is 11.3 Å². The maximum atomic E-state index is 4.51. The van der Waals surface area contributed by atoms with Gasteiger partial charge < -0.3 is 5.32 Å². The van der Waals surface area contributed by atoms with Gasteiger partial charge in [-0.25, -0.2) is 4.98 Å². The monoisotopic (exact) mass is 246 g/mol. The smallest absolute Gasteiger partial charge is 0.0898 e. The van der Waals surface area contributed by atoms with Crippen molar-refractivity contribution in [2.75, 3.05) is 0 Å². The quantitative estimate of drug-likeness (QED) is 0.886. The highest BCUT2D eigenvalue weighted by Gasteiger charge is 2.12. The molecule has 0 saturated carbocycles. The van der Waals surface area contributed by atoms with Crippen LogP contribution in [0.5, 0.6) is 0 Å². The molecule has 0 radical (unpaired) electrons. The summed E-state index contributed by atoms with van der Waals surface area (Å²) < 4.78 is 0. The largest absolute Gasteiger partial charge is 0.302 e. The topological polar surface area (TPSA) is 24.9 Å². The predicted octanol–water partition coefficient (Wildman–Crippen LogP) is 3.86. The van der Waals surface area contributed by atoms with Crippen molar-refractivity contribution in [1.29, 1.82) is 0 Å². The van der Waals surface area contributed by atoms with Crippen LogP contribution in [0.3, 0.4) is 0 Å². The lowest BCUT2D eigenvalue weighted by Crippen LogP contribution is -2.22. The van der Waals surface area contributed by atoms with E-state index in [1.54, 1.807) is 11.3 Å². The third-order valence-electron chi connectivity index (χ3n) is 2.88. The van der Waals surface area contributed by atoms with Gasteiger partial charge in [0.2, 0.25) is 0 Å². The highest BCUT2D eigenvalue weighted by Crippen LogP contribution is 2.20. The van der Waals surface area contributed by atoms with E-state index in [9.17, 15) is 0 Å². The molecule has 0 aliphatic heterocycles. The summed E-state index contributed by atoms with van der Waals surface area (Å²) in [5.41, 5.74) is 2.45. The summed E-state index contributed by atoms with van der Waals surface area (Å²) in [4.78, 5) is 4.51. The van der Waals surface area contributed by atoms with Gasteiger partial charge in [0, 0.05) is 17.5 Å². The van der Waals surface area contributed by atoms with Crippen LogP contribution in [0.4, 0.5) is 0 Å². The third-order valence-corrected chi connectivity index (χ3v) is 3.67. The Hall–Kier alpha value is -1.19. The van der Waals surface area contributed by atoms with Crippen LogP contribution in [0.2, 0.25) is 0 Å². The van der Waals surface area contributed by atoms with Gasteiger partial charge >= 0.3 is 0 Å². The van der Waals surface area contributed by atoms with E-state index in [-0.39, 0.29) is 6.04 Å². The molecule has 0 aliphatic rings. The van der Waals surface area contributed by atoms with Gasteiger partial charge in [0.1, 0.15) is 0 Å². The van der Waals surface area contributed by atoms with E-state index < -0.39 is 0 Å². The maximum Gasteiger partial charge on any atom is 0.0898 e. The Balaban J connectivity index is 2.02. The zero-order chi connectivity index (χ0) is 12.3. The molecule has 3 heteroatoms. The summed E-state index contributed by atoms with van der Waals surface area (Å²) in [6.45, 7) is 6.39. The van der Waals surface area contributed by atoms with Crippen molar-refractivity contribution in [3.63, 3.8) is 0 Å². The van der Waals surface area contributed by atoms with Gasteiger partial charge in [0.05, 0.1) is 10.7 Å². The molecule has 1 heterocycles. The highest BCUT2D eigenvalue weighted by molar-refractivity contribution is 7.09.